The molecule has 6 heteroatoms. The molecule has 1 amide bonds. The van der Waals surface area contributed by atoms with Crippen LogP contribution in [0.25, 0.3) is 0 Å². The molecule has 6 nitrogen and oxygen atoms in total. The van der Waals surface area contributed by atoms with Gasteiger partial charge < -0.3 is 21.4 Å². The van der Waals surface area contributed by atoms with Crippen molar-refractivity contribution in [2.75, 3.05) is 20.1 Å². The highest BCUT2D eigenvalue weighted by atomic mass is 16.2. The van der Waals surface area contributed by atoms with Crippen LogP contribution in [0.2, 0.25) is 0 Å². The number of aromatic amines is 1. The summed E-state index contributed by atoms with van der Waals surface area (Å²) in [6.45, 7) is 1.65. The Morgan fingerprint density at radius 3 is 2.94 bits per heavy atom. The van der Waals surface area contributed by atoms with Crippen LogP contribution in [0.5, 0.6) is 0 Å². The van der Waals surface area contributed by atoms with E-state index in [1.54, 1.807) is 12.5 Å². The number of imidazole rings is 1. The van der Waals surface area contributed by atoms with Crippen LogP contribution in [0.3, 0.4) is 0 Å². The third-order valence-electron chi connectivity index (χ3n) is 2.48. The first-order valence-electron chi connectivity index (χ1n) is 5.89. The minimum Gasteiger partial charge on any atom is -0.355 e. The fraction of sp³-hybridized carbons (Fsp3) is 0.636. The lowest BCUT2D eigenvalue weighted by Gasteiger charge is -2.11. The van der Waals surface area contributed by atoms with Gasteiger partial charge in [-0.1, -0.05) is 0 Å². The van der Waals surface area contributed by atoms with Crippen LogP contribution < -0.4 is 16.4 Å². The number of amides is 1. The molecule has 5 N–H and O–H groups in total. The largest absolute Gasteiger partial charge is 0.355 e. The molecule has 1 aromatic heterocycles. The number of rotatable bonds is 8. The van der Waals surface area contributed by atoms with Crippen molar-refractivity contribution < 1.29 is 4.79 Å². The SMILES string of the molecule is CNCCCCNC(=O)[C@@H](N)Cc1cnc[nH]1. The molecule has 1 rings (SSSR count). The standard InChI is InChI=1S/C11H21N5O/c1-13-4-2-3-5-15-11(17)10(12)6-9-7-14-8-16-9/h7-8,10,13H,2-6,12H2,1H3,(H,14,16)(H,15,17)/t10-/m0/s1. The van der Waals surface area contributed by atoms with Crippen molar-refractivity contribution in [3.8, 4) is 0 Å². The Balaban J connectivity index is 2.14. The average Bonchev–Trinajstić information content (AvgIpc) is 2.81. The van der Waals surface area contributed by atoms with Gasteiger partial charge in [0.15, 0.2) is 0 Å². The maximum absolute atomic E-state index is 11.6. The van der Waals surface area contributed by atoms with E-state index in [-0.39, 0.29) is 5.91 Å². The van der Waals surface area contributed by atoms with Gasteiger partial charge in [-0.05, 0) is 26.4 Å². The van der Waals surface area contributed by atoms with Crippen molar-refractivity contribution in [2.45, 2.75) is 25.3 Å². The topological polar surface area (TPSA) is 95.8 Å². The summed E-state index contributed by atoms with van der Waals surface area (Å²) in [5.41, 5.74) is 6.65. The summed E-state index contributed by atoms with van der Waals surface area (Å²) in [6, 6.07) is -0.514. The predicted molar refractivity (Wildman–Crippen MR) is 66.4 cm³/mol. The molecular formula is C11H21N5O. The second-order valence-electron chi connectivity index (χ2n) is 3.99. The number of carbonyl (C=O) groups is 1. The molecule has 0 aliphatic carbocycles. The molecule has 0 bridgehead atoms. The summed E-state index contributed by atoms with van der Waals surface area (Å²) in [4.78, 5) is 18.4. The zero-order chi connectivity index (χ0) is 12.5. The van der Waals surface area contributed by atoms with Crippen molar-refractivity contribution in [2.24, 2.45) is 5.73 Å². The molecule has 17 heavy (non-hydrogen) atoms. The molecule has 0 spiro atoms. The van der Waals surface area contributed by atoms with Crippen LogP contribution in [0.15, 0.2) is 12.5 Å². The fourth-order valence-electron chi connectivity index (χ4n) is 1.50. The van der Waals surface area contributed by atoms with Gasteiger partial charge in [-0.25, -0.2) is 4.98 Å². The molecule has 0 aliphatic heterocycles. The first kappa shape index (κ1) is 13.7. The molecule has 0 aliphatic rings. The highest BCUT2D eigenvalue weighted by Gasteiger charge is 2.13. The number of hydrogen-bond acceptors (Lipinski definition) is 4. The fourth-order valence-corrected chi connectivity index (χ4v) is 1.50. The summed E-state index contributed by atoms with van der Waals surface area (Å²) in [6.07, 6.45) is 5.76. The first-order chi connectivity index (χ1) is 8.24. The summed E-state index contributed by atoms with van der Waals surface area (Å²) >= 11 is 0. The zero-order valence-corrected chi connectivity index (χ0v) is 10.2. The Morgan fingerprint density at radius 2 is 2.29 bits per heavy atom. The Hall–Kier alpha value is -1.40. The van der Waals surface area contributed by atoms with E-state index in [0.29, 0.717) is 13.0 Å². The van der Waals surface area contributed by atoms with Gasteiger partial charge in [0.05, 0.1) is 12.4 Å². The molecule has 96 valence electrons. The monoisotopic (exact) mass is 239 g/mol. The Kier molecular flexibility index (Phi) is 6.27. The van der Waals surface area contributed by atoms with Crippen molar-refractivity contribution in [3.05, 3.63) is 18.2 Å². The quantitative estimate of drug-likeness (QED) is 0.455. The molecule has 0 saturated heterocycles. The molecule has 0 fully saturated rings. The molecular weight excluding hydrogens is 218 g/mol. The summed E-state index contributed by atoms with van der Waals surface area (Å²) in [7, 11) is 1.92. The highest BCUT2D eigenvalue weighted by Crippen LogP contribution is 1.96. The molecule has 0 unspecified atom stereocenters. The Labute approximate surface area is 101 Å². The van der Waals surface area contributed by atoms with Gasteiger partial charge in [-0.3, -0.25) is 4.79 Å². The second kappa shape index (κ2) is 7.81. The van der Waals surface area contributed by atoms with E-state index in [0.717, 1.165) is 25.1 Å². The van der Waals surface area contributed by atoms with Crippen LogP contribution >= 0.6 is 0 Å². The lowest BCUT2D eigenvalue weighted by Crippen LogP contribution is -2.42. The van der Waals surface area contributed by atoms with Crippen LogP contribution in [0.1, 0.15) is 18.5 Å². The van der Waals surface area contributed by atoms with Gasteiger partial charge in [0, 0.05) is 24.9 Å². The normalized spacial score (nSPS) is 12.4. The van der Waals surface area contributed by atoms with E-state index in [1.165, 1.54) is 0 Å². The maximum Gasteiger partial charge on any atom is 0.237 e. The van der Waals surface area contributed by atoms with E-state index in [4.69, 9.17) is 5.73 Å². The third kappa shape index (κ3) is 5.46. The van der Waals surface area contributed by atoms with Crippen molar-refractivity contribution in [3.63, 3.8) is 0 Å². The number of H-pyrrole nitrogens is 1. The second-order valence-corrected chi connectivity index (χ2v) is 3.99. The smallest absolute Gasteiger partial charge is 0.237 e. The van der Waals surface area contributed by atoms with Crippen molar-refractivity contribution in [1.82, 2.24) is 20.6 Å². The molecule has 0 radical (unpaired) electrons. The van der Waals surface area contributed by atoms with E-state index in [9.17, 15) is 4.79 Å². The van der Waals surface area contributed by atoms with E-state index < -0.39 is 6.04 Å². The number of nitrogens with two attached hydrogens (primary N) is 1. The number of nitrogens with one attached hydrogen (secondary N) is 3. The first-order valence-corrected chi connectivity index (χ1v) is 5.89. The van der Waals surface area contributed by atoms with Gasteiger partial charge in [0.1, 0.15) is 0 Å². The maximum atomic E-state index is 11.6. The number of unbranched alkanes of at least 4 members (excludes halogenated alkanes) is 1. The van der Waals surface area contributed by atoms with Gasteiger partial charge in [0.25, 0.3) is 0 Å². The Bertz CT molecular complexity index is 312. The van der Waals surface area contributed by atoms with Crippen LogP contribution in [0, 0.1) is 0 Å². The van der Waals surface area contributed by atoms with Gasteiger partial charge in [-0.15, -0.1) is 0 Å². The molecule has 1 aromatic rings. The van der Waals surface area contributed by atoms with Crippen LogP contribution in [-0.4, -0.2) is 42.1 Å². The average molecular weight is 239 g/mol. The molecule has 0 saturated carbocycles. The number of hydrogen-bond donors (Lipinski definition) is 4. The molecule has 1 heterocycles. The summed E-state index contributed by atoms with van der Waals surface area (Å²) in [5, 5.41) is 5.89. The van der Waals surface area contributed by atoms with Gasteiger partial charge in [0.2, 0.25) is 5.91 Å². The van der Waals surface area contributed by atoms with Crippen molar-refractivity contribution >= 4 is 5.91 Å². The molecule has 0 aromatic carbocycles. The number of carbonyl (C=O) groups excluding carboxylic acids is 1. The van der Waals surface area contributed by atoms with Gasteiger partial charge in [-0.2, -0.15) is 0 Å². The Morgan fingerprint density at radius 1 is 1.53 bits per heavy atom. The third-order valence-corrected chi connectivity index (χ3v) is 2.48. The minimum atomic E-state index is -0.514. The van der Waals surface area contributed by atoms with E-state index in [2.05, 4.69) is 20.6 Å². The van der Waals surface area contributed by atoms with E-state index >= 15 is 0 Å². The number of aromatic nitrogens is 2. The summed E-state index contributed by atoms with van der Waals surface area (Å²) in [5.74, 6) is -0.107. The van der Waals surface area contributed by atoms with Crippen molar-refractivity contribution in [1.29, 1.82) is 0 Å². The number of nitrogens with zero attached hydrogens (tertiary/aromatic N) is 1. The lowest BCUT2D eigenvalue weighted by molar-refractivity contribution is -0.122. The van der Waals surface area contributed by atoms with Gasteiger partial charge >= 0.3 is 0 Å². The molecule has 1 atom stereocenters. The zero-order valence-electron chi connectivity index (χ0n) is 10.2. The minimum absolute atomic E-state index is 0.107. The van der Waals surface area contributed by atoms with Crippen LogP contribution in [0.4, 0.5) is 0 Å². The highest BCUT2D eigenvalue weighted by molar-refractivity contribution is 5.81. The van der Waals surface area contributed by atoms with E-state index in [1.807, 2.05) is 7.05 Å². The predicted octanol–water partition coefficient (Wildman–Crippen LogP) is -0.605. The lowest BCUT2D eigenvalue weighted by atomic mass is 10.1. The van der Waals surface area contributed by atoms with Crippen LogP contribution in [-0.2, 0) is 11.2 Å². The summed E-state index contributed by atoms with van der Waals surface area (Å²) < 4.78 is 0.